The number of hydrogen-bond donors (Lipinski definition) is 2. The van der Waals surface area contributed by atoms with E-state index in [4.69, 9.17) is 0 Å². The summed E-state index contributed by atoms with van der Waals surface area (Å²) in [6.45, 7) is 7.18. The molecule has 1 aliphatic heterocycles. The first-order chi connectivity index (χ1) is 13.2. The Morgan fingerprint density at radius 3 is 2.29 bits per heavy atom. The van der Waals surface area contributed by atoms with E-state index in [0.717, 1.165) is 5.56 Å². The molecule has 3 amide bonds. The summed E-state index contributed by atoms with van der Waals surface area (Å²) in [6, 6.07) is 5.23. The van der Waals surface area contributed by atoms with Crippen LogP contribution in [-0.2, 0) is 11.3 Å². The first kappa shape index (κ1) is 21.7. The maximum atomic E-state index is 12.2. The Morgan fingerprint density at radius 2 is 1.71 bits per heavy atom. The SMILES string of the molecule is C=CCNC(=O)NC(=O)CN1CCN(Cc2ccc(OC(F)(F)F)cc2)CC1. The number of carbonyl (C=O) groups excluding carboxylic acids is 2. The summed E-state index contributed by atoms with van der Waals surface area (Å²) in [5.41, 5.74) is 0.875. The molecule has 2 N–H and O–H groups in total. The number of carbonyl (C=O) groups is 2. The summed E-state index contributed by atoms with van der Waals surface area (Å²) in [7, 11) is 0. The van der Waals surface area contributed by atoms with Gasteiger partial charge < -0.3 is 10.1 Å². The number of rotatable bonds is 7. The second kappa shape index (κ2) is 10.1. The van der Waals surface area contributed by atoms with Gasteiger partial charge >= 0.3 is 12.4 Å². The minimum Gasteiger partial charge on any atom is -0.406 e. The summed E-state index contributed by atoms with van der Waals surface area (Å²) in [5, 5.41) is 4.71. The maximum absolute atomic E-state index is 12.2. The van der Waals surface area contributed by atoms with E-state index in [0.29, 0.717) is 32.7 Å². The summed E-state index contributed by atoms with van der Waals surface area (Å²) >= 11 is 0. The van der Waals surface area contributed by atoms with E-state index in [2.05, 4.69) is 26.8 Å². The minimum absolute atomic E-state index is 0.124. The fraction of sp³-hybridized carbons (Fsp3) is 0.444. The highest BCUT2D eigenvalue weighted by molar-refractivity contribution is 5.95. The smallest absolute Gasteiger partial charge is 0.406 e. The number of benzene rings is 1. The average molecular weight is 400 g/mol. The molecule has 154 valence electrons. The van der Waals surface area contributed by atoms with Gasteiger partial charge in [-0.3, -0.25) is 19.9 Å². The van der Waals surface area contributed by atoms with Crippen LogP contribution in [0.2, 0.25) is 0 Å². The second-order valence-corrected chi connectivity index (χ2v) is 6.29. The average Bonchev–Trinajstić information content (AvgIpc) is 2.62. The summed E-state index contributed by atoms with van der Waals surface area (Å²) in [5.74, 6) is -0.625. The van der Waals surface area contributed by atoms with Gasteiger partial charge in [-0.05, 0) is 17.7 Å². The van der Waals surface area contributed by atoms with E-state index >= 15 is 0 Å². The Morgan fingerprint density at radius 1 is 1.11 bits per heavy atom. The molecular weight excluding hydrogens is 377 g/mol. The molecule has 1 aliphatic rings. The molecule has 7 nitrogen and oxygen atoms in total. The molecule has 0 radical (unpaired) electrons. The number of amides is 3. The second-order valence-electron chi connectivity index (χ2n) is 6.29. The number of piperazine rings is 1. The molecule has 28 heavy (non-hydrogen) atoms. The number of imide groups is 1. The van der Waals surface area contributed by atoms with Crippen molar-refractivity contribution in [1.29, 1.82) is 0 Å². The fourth-order valence-electron chi connectivity index (χ4n) is 2.74. The van der Waals surface area contributed by atoms with Crippen LogP contribution >= 0.6 is 0 Å². The molecule has 2 rings (SSSR count). The molecule has 1 heterocycles. The zero-order chi connectivity index (χ0) is 20.6. The minimum atomic E-state index is -4.70. The van der Waals surface area contributed by atoms with E-state index < -0.39 is 12.4 Å². The Labute approximate surface area is 161 Å². The van der Waals surface area contributed by atoms with Gasteiger partial charge in [0.15, 0.2) is 0 Å². The highest BCUT2D eigenvalue weighted by Gasteiger charge is 2.31. The van der Waals surface area contributed by atoms with Gasteiger partial charge in [0, 0.05) is 39.3 Å². The van der Waals surface area contributed by atoms with Crippen molar-refractivity contribution in [3.05, 3.63) is 42.5 Å². The zero-order valence-corrected chi connectivity index (χ0v) is 15.3. The number of ether oxygens (including phenoxy) is 1. The molecule has 0 spiro atoms. The first-order valence-corrected chi connectivity index (χ1v) is 8.73. The molecule has 0 bridgehead atoms. The van der Waals surface area contributed by atoms with Gasteiger partial charge in [0.2, 0.25) is 5.91 Å². The predicted octanol–water partition coefficient (Wildman–Crippen LogP) is 1.71. The third-order valence-corrected chi connectivity index (χ3v) is 4.06. The third-order valence-electron chi connectivity index (χ3n) is 4.06. The number of urea groups is 1. The monoisotopic (exact) mass is 400 g/mol. The van der Waals surface area contributed by atoms with Gasteiger partial charge in [-0.2, -0.15) is 0 Å². The third kappa shape index (κ3) is 7.97. The van der Waals surface area contributed by atoms with Gasteiger partial charge in [0.05, 0.1) is 6.54 Å². The summed E-state index contributed by atoms with van der Waals surface area (Å²) in [4.78, 5) is 27.3. The summed E-state index contributed by atoms with van der Waals surface area (Å²) < 4.78 is 40.4. The maximum Gasteiger partial charge on any atom is 0.573 e. The van der Waals surface area contributed by atoms with E-state index in [1.165, 1.54) is 18.2 Å². The Bertz CT molecular complexity index is 672. The van der Waals surface area contributed by atoms with E-state index in [9.17, 15) is 22.8 Å². The van der Waals surface area contributed by atoms with Crippen molar-refractivity contribution < 1.29 is 27.5 Å². The van der Waals surface area contributed by atoms with Crippen LogP contribution in [0.3, 0.4) is 0 Å². The largest absolute Gasteiger partial charge is 0.573 e. The number of nitrogens with one attached hydrogen (secondary N) is 2. The van der Waals surface area contributed by atoms with Crippen molar-refractivity contribution in [1.82, 2.24) is 20.4 Å². The van der Waals surface area contributed by atoms with E-state index in [1.54, 1.807) is 12.1 Å². The van der Waals surface area contributed by atoms with Gasteiger partial charge in [-0.15, -0.1) is 19.8 Å². The quantitative estimate of drug-likeness (QED) is 0.682. The van der Waals surface area contributed by atoms with Crippen LogP contribution in [-0.4, -0.2) is 67.4 Å². The first-order valence-electron chi connectivity index (χ1n) is 8.73. The standard InChI is InChI=1S/C18H23F3N4O3/c1-2-7-22-17(27)23-16(26)13-25-10-8-24(9-11-25)12-14-3-5-15(6-4-14)28-18(19,20)21/h2-6H,1,7-13H2,(H2,22,23,26,27). The molecule has 1 aromatic rings. The highest BCUT2D eigenvalue weighted by atomic mass is 19.4. The van der Waals surface area contributed by atoms with Crippen LogP contribution in [0.25, 0.3) is 0 Å². The van der Waals surface area contributed by atoms with Gasteiger partial charge in [-0.1, -0.05) is 18.2 Å². The molecule has 0 unspecified atom stereocenters. The van der Waals surface area contributed by atoms with Gasteiger partial charge in [0.25, 0.3) is 0 Å². The molecule has 0 atom stereocenters. The van der Waals surface area contributed by atoms with Crippen molar-refractivity contribution in [2.45, 2.75) is 12.9 Å². The van der Waals surface area contributed by atoms with Crippen LogP contribution in [0.15, 0.2) is 36.9 Å². The molecule has 1 fully saturated rings. The predicted molar refractivity (Wildman–Crippen MR) is 96.6 cm³/mol. The molecule has 1 saturated heterocycles. The lowest BCUT2D eigenvalue weighted by atomic mass is 10.2. The Hall–Kier alpha value is -2.59. The van der Waals surface area contributed by atoms with Crippen molar-refractivity contribution in [3.63, 3.8) is 0 Å². The lowest BCUT2D eigenvalue weighted by molar-refractivity contribution is -0.274. The Balaban J connectivity index is 1.71. The number of alkyl halides is 3. The normalized spacial score (nSPS) is 15.7. The zero-order valence-electron chi connectivity index (χ0n) is 15.3. The molecule has 1 aromatic carbocycles. The summed E-state index contributed by atoms with van der Waals surface area (Å²) in [6.07, 6.45) is -3.18. The number of halogens is 3. The lowest BCUT2D eigenvalue weighted by Crippen LogP contribution is -2.50. The highest BCUT2D eigenvalue weighted by Crippen LogP contribution is 2.23. The molecule has 0 saturated carbocycles. The van der Waals surface area contributed by atoms with Crippen molar-refractivity contribution in [2.75, 3.05) is 39.3 Å². The topological polar surface area (TPSA) is 73.9 Å². The number of hydrogen-bond acceptors (Lipinski definition) is 5. The van der Waals surface area contributed by atoms with Crippen LogP contribution in [0.5, 0.6) is 5.75 Å². The molecular formula is C18H23F3N4O3. The lowest BCUT2D eigenvalue weighted by Gasteiger charge is -2.34. The van der Waals surface area contributed by atoms with E-state index in [-0.39, 0.29) is 24.7 Å². The van der Waals surface area contributed by atoms with Crippen LogP contribution in [0.1, 0.15) is 5.56 Å². The van der Waals surface area contributed by atoms with E-state index in [1.807, 2.05) is 4.90 Å². The van der Waals surface area contributed by atoms with Crippen molar-refractivity contribution in [3.8, 4) is 5.75 Å². The van der Waals surface area contributed by atoms with Crippen LogP contribution in [0, 0.1) is 0 Å². The van der Waals surface area contributed by atoms with Crippen LogP contribution < -0.4 is 15.4 Å². The fourth-order valence-corrected chi connectivity index (χ4v) is 2.74. The van der Waals surface area contributed by atoms with Gasteiger partial charge in [-0.25, -0.2) is 4.79 Å². The molecule has 0 aliphatic carbocycles. The molecule has 10 heteroatoms. The van der Waals surface area contributed by atoms with Crippen LogP contribution in [0.4, 0.5) is 18.0 Å². The van der Waals surface area contributed by atoms with Gasteiger partial charge in [0.1, 0.15) is 5.75 Å². The molecule has 0 aromatic heterocycles. The van der Waals surface area contributed by atoms with Crippen molar-refractivity contribution >= 4 is 11.9 Å². The number of nitrogens with zero attached hydrogens (tertiary/aromatic N) is 2. The van der Waals surface area contributed by atoms with Crippen molar-refractivity contribution in [2.24, 2.45) is 0 Å². The Kier molecular flexibility index (Phi) is 7.82.